The zero-order chi connectivity index (χ0) is 24.6. The molecule has 3 aromatic carbocycles. The van der Waals surface area contributed by atoms with Crippen LogP contribution in [-0.4, -0.2) is 29.4 Å². The van der Waals surface area contributed by atoms with Gasteiger partial charge < -0.3 is 8.98 Å². The SMILES string of the molecule is CCC(c1ccc(Cl)cc1)(c1nnc(-c2ccccc2)o1)n1ccc2c(NS(C)(=O)=O)cccc21. The fraction of sp³-hybridized carbons (Fsp3) is 0.154. The molecule has 0 radical (unpaired) electrons. The number of hydrogen-bond acceptors (Lipinski definition) is 5. The Balaban J connectivity index is 1.76. The Morgan fingerprint density at radius 3 is 2.40 bits per heavy atom. The number of anilines is 1. The molecule has 7 nitrogen and oxygen atoms in total. The minimum Gasteiger partial charge on any atom is -0.418 e. The summed E-state index contributed by atoms with van der Waals surface area (Å²) >= 11 is 6.21. The zero-order valence-electron chi connectivity index (χ0n) is 19.1. The van der Waals surface area contributed by atoms with Crippen molar-refractivity contribution >= 4 is 38.2 Å². The molecule has 0 amide bonds. The highest BCUT2D eigenvalue weighted by Gasteiger charge is 2.41. The van der Waals surface area contributed by atoms with Crippen LogP contribution in [0, 0.1) is 0 Å². The van der Waals surface area contributed by atoms with Crippen LogP contribution in [0.4, 0.5) is 5.69 Å². The average molecular weight is 507 g/mol. The number of nitrogens with one attached hydrogen (secondary N) is 1. The summed E-state index contributed by atoms with van der Waals surface area (Å²) in [5.41, 5.74) is 2.18. The van der Waals surface area contributed by atoms with E-state index in [1.807, 2.05) is 85.9 Å². The molecule has 178 valence electrons. The van der Waals surface area contributed by atoms with Gasteiger partial charge in [0.15, 0.2) is 0 Å². The second-order valence-electron chi connectivity index (χ2n) is 8.30. The molecule has 1 atom stereocenters. The smallest absolute Gasteiger partial charge is 0.247 e. The summed E-state index contributed by atoms with van der Waals surface area (Å²) in [7, 11) is -3.45. The molecule has 0 fully saturated rings. The van der Waals surface area contributed by atoms with Gasteiger partial charge in [-0.1, -0.05) is 54.9 Å². The predicted molar refractivity (Wildman–Crippen MR) is 138 cm³/mol. The monoisotopic (exact) mass is 506 g/mol. The zero-order valence-corrected chi connectivity index (χ0v) is 20.7. The maximum Gasteiger partial charge on any atom is 0.247 e. The first-order chi connectivity index (χ1) is 16.8. The minimum absolute atomic E-state index is 0.417. The van der Waals surface area contributed by atoms with E-state index in [-0.39, 0.29) is 0 Å². The van der Waals surface area contributed by atoms with E-state index in [4.69, 9.17) is 16.0 Å². The Hall–Kier alpha value is -3.62. The van der Waals surface area contributed by atoms with Crippen LogP contribution in [0.1, 0.15) is 24.8 Å². The van der Waals surface area contributed by atoms with Crippen LogP contribution < -0.4 is 4.72 Å². The summed E-state index contributed by atoms with van der Waals surface area (Å²) in [4.78, 5) is 0. The molecule has 2 aromatic heterocycles. The van der Waals surface area contributed by atoms with Gasteiger partial charge in [0.1, 0.15) is 5.54 Å². The summed E-state index contributed by atoms with van der Waals surface area (Å²) in [6, 6.07) is 24.5. The van der Waals surface area contributed by atoms with Gasteiger partial charge in [0, 0.05) is 22.2 Å². The molecule has 9 heteroatoms. The molecule has 35 heavy (non-hydrogen) atoms. The van der Waals surface area contributed by atoms with E-state index >= 15 is 0 Å². The lowest BCUT2D eigenvalue weighted by Crippen LogP contribution is -2.35. The molecule has 5 rings (SSSR count). The first kappa shape index (κ1) is 23.1. The van der Waals surface area contributed by atoms with E-state index in [1.54, 1.807) is 6.07 Å². The summed E-state index contributed by atoms with van der Waals surface area (Å²) in [5, 5.41) is 10.2. The predicted octanol–water partition coefficient (Wildman–Crippen LogP) is 5.92. The number of hydrogen-bond donors (Lipinski definition) is 1. The van der Waals surface area contributed by atoms with Gasteiger partial charge in [0.25, 0.3) is 0 Å². The molecule has 0 spiro atoms. The Morgan fingerprint density at radius 2 is 1.71 bits per heavy atom. The fourth-order valence-electron chi connectivity index (χ4n) is 4.49. The van der Waals surface area contributed by atoms with Crippen LogP contribution in [0.3, 0.4) is 0 Å². The number of fused-ring (bicyclic) bond motifs is 1. The van der Waals surface area contributed by atoms with Crippen molar-refractivity contribution in [3.05, 3.63) is 102 Å². The van der Waals surface area contributed by atoms with Gasteiger partial charge >= 0.3 is 0 Å². The van der Waals surface area contributed by atoms with Crippen LogP contribution in [-0.2, 0) is 15.6 Å². The molecule has 0 bridgehead atoms. The maximum absolute atomic E-state index is 12.0. The highest BCUT2D eigenvalue weighted by Crippen LogP contribution is 2.41. The van der Waals surface area contributed by atoms with Gasteiger partial charge in [-0.25, -0.2) is 8.42 Å². The lowest BCUT2D eigenvalue weighted by Gasteiger charge is -2.33. The number of nitrogens with zero attached hydrogens (tertiary/aromatic N) is 3. The Kier molecular flexibility index (Phi) is 5.86. The van der Waals surface area contributed by atoms with Crippen molar-refractivity contribution in [3.63, 3.8) is 0 Å². The third-order valence-corrected chi connectivity index (χ3v) is 6.92. The molecule has 1 N–H and O–H groups in total. The van der Waals surface area contributed by atoms with Crippen molar-refractivity contribution < 1.29 is 12.8 Å². The number of sulfonamides is 1. The van der Waals surface area contributed by atoms with Crippen LogP contribution in [0.25, 0.3) is 22.4 Å². The lowest BCUT2D eigenvalue weighted by atomic mass is 9.86. The highest BCUT2D eigenvalue weighted by atomic mass is 35.5. The first-order valence-electron chi connectivity index (χ1n) is 11.1. The quantitative estimate of drug-likeness (QED) is 0.296. The van der Waals surface area contributed by atoms with E-state index in [9.17, 15) is 8.42 Å². The van der Waals surface area contributed by atoms with Gasteiger partial charge in [0.2, 0.25) is 21.8 Å². The van der Waals surface area contributed by atoms with E-state index in [1.165, 1.54) is 0 Å². The maximum atomic E-state index is 12.0. The normalized spacial score (nSPS) is 13.6. The van der Waals surface area contributed by atoms with E-state index < -0.39 is 15.6 Å². The Morgan fingerprint density at radius 1 is 0.971 bits per heavy atom. The molecular formula is C26H23ClN4O3S. The molecular weight excluding hydrogens is 484 g/mol. The van der Waals surface area contributed by atoms with E-state index in [0.717, 1.165) is 28.3 Å². The lowest BCUT2D eigenvalue weighted by molar-refractivity contribution is 0.325. The summed E-state index contributed by atoms with van der Waals surface area (Å²) in [6.07, 6.45) is 3.64. The number of benzene rings is 3. The molecule has 5 aromatic rings. The molecule has 0 aliphatic rings. The van der Waals surface area contributed by atoms with Gasteiger partial charge in [-0.2, -0.15) is 0 Å². The van der Waals surface area contributed by atoms with Crippen LogP contribution in [0.2, 0.25) is 5.02 Å². The van der Waals surface area contributed by atoms with Crippen molar-refractivity contribution in [1.82, 2.24) is 14.8 Å². The molecule has 2 heterocycles. The number of rotatable bonds is 7. The summed E-state index contributed by atoms with van der Waals surface area (Å²) in [6.45, 7) is 2.05. The number of halogens is 1. The summed E-state index contributed by atoms with van der Waals surface area (Å²) in [5.74, 6) is 0.837. The third-order valence-electron chi connectivity index (χ3n) is 6.07. The minimum atomic E-state index is -3.45. The fourth-order valence-corrected chi connectivity index (χ4v) is 5.20. The Labute approximate surface area is 208 Å². The van der Waals surface area contributed by atoms with Crippen molar-refractivity contribution in [2.24, 2.45) is 0 Å². The highest BCUT2D eigenvalue weighted by molar-refractivity contribution is 7.92. The van der Waals surface area contributed by atoms with Crippen molar-refractivity contribution in [2.75, 3.05) is 11.0 Å². The molecule has 0 aliphatic carbocycles. The Bertz CT molecular complexity index is 1590. The van der Waals surface area contributed by atoms with Crippen molar-refractivity contribution in [2.45, 2.75) is 18.9 Å². The summed E-state index contributed by atoms with van der Waals surface area (Å²) < 4.78 is 34.9. The van der Waals surface area contributed by atoms with E-state index in [2.05, 4.69) is 19.5 Å². The van der Waals surface area contributed by atoms with E-state index in [0.29, 0.717) is 28.9 Å². The largest absolute Gasteiger partial charge is 0.418 e. The number of aromatic nitrogens is 3. The molecule has 1 unspecified atom stereocenters. The second-order valence-corrected chi connectivity index (χ2v) is 10.5. The van der Waals surface area contributed by atoms with Gasteiger partial charge in [-0.05, 0) is 54.4 Å². The molecule has 0 saturated carbocycles. The van der Waals surface area contributed by atoms with Crippen LogP contribution in [0.15, 0.2) is 89.5 Å². The average Bonchev–Trinajstić information content (AvgIpc) is 3.50. The topological polar surface area (TPSA) is 90.0 Å². The van der Waals surface area contributed by atoms with Gasteiger partial charge in [-0.15, -0.1) is 10.2 Å². The standard InChI is InChI=1S/C26H23ClN4O3S/c1-3-26(19-12-14-20(27)15-13-19,25-29-28-24(34-25)18-8-5-4-6-9-18)31-17-16-21-22(30-35(2,32)33)10-7-11-23(21)31/h4-17,30H,3H2,1-2H3. The van der Waals surface area contributed by atoms with Gasteiger partial charge in [0.05, 0.1) is 17.5 Å². The van der Waals surface area contributed by atoms with Crippen LogP contribution in [0.5, 0.6) is 0 Å². The van der Waals surface area contributed by atoms with Crippen molar-refractivity contribution in [3.8, 4) is 11.5 Å². The molecule has 0 saturated heterocycles. The van der Waals surface area contributed by atoms with Crippen LogP contribution >= 0.6 is 11.6 Å². The van der Waals surface area contributed by atoms with Gasteiger partial charge in [-0.3, -0.25) is 4.72 Å². The second kappa shape index (κ2) is 8.87. The third kappa shape index (κ3) is 4.19. The first-order valence-corrected chi connectivity index (χ1v) is 13.3. The van der Waals surface area contributed by atoms with Crippen molar-refractivity contribution in [1.29, 1.82) is 0 Å². The molecule has 0 aliphatic heterocycles.